The van der Waals surface area contributed by atoms with Crippen LogP contribution in [0.4, 0.5) is 5.69 Å². The van der Waals surface area contributed by atoms with Crippen molar-refractivity contribution < 1.29 is 14.8 Å². The zero-order valence-electron chi connectivity index (χ0n) is 9.66. The molecule has 0 radical (unpaired) electrons. The van der Waals surface area contributed by atoms with Gasteiger partial charge in [0, 0.05) is 31.5 Å². The molecule has 17 heavy (non-hydrogen) atoms. The van der Waals surface area contributed by atoms with E-state index in [0.717, 1.165) is 0 Å². The number of non-ortho nitro benzene ring substituents is 1. The Morgan fingerprint density at radius 3 is 2.24 bits per heavy atom. The molecule has 6 heteroatoms. The molecule has 0 unspecified atom stereocenters. The maximum absolute atomic E-state index is 11.7. The fourth-order valence-corrected chi connectivity index (χ4v) is 1.06. The summed E-state index contributed by atoms with van der Waals surface area (Å²) in [7, 11) is 0. The van der Waals surface area contributed by atoms with E-state index < -0.39 is 10.5 Å². The van der Waals surface area contributed by atoms with Gasteiger partial charge in [0.1, 0.15) is 6.61 Å². The Hall–Kier alpha value is -1.95. The monoisotopic (exact) mass is 238 g/mol. The van der Waals surface area contributed by atoms with Gasteiger partial charge in [-0.2, -0.15) is 0 Å². The highest BCUT2D eigenvalue weighted by atomic mass is 16.6. The Balaban J connectivity index is 2.96. The average molecular weight is 238 g/mol. The summed E-state index contributed by atoms with van der Waals surface area (Å²) in [6.45, 7) is 2.92. The molecule has 6 nitrogen and oxygen atoms in total. The zero-order chi connectivity index (χ0) is 13.1. The SMILES string of the molecule is CC(C)(CO)/[N+]([O-])=C/c1ccc([N+](=O)[O-])cc1. The first-order valence-corrected chi connectivity index (χ1v) is 5.03. The van der Waals surface area contributed by atoms with Gasteiger partial charge in [0.25, 0.3) is 5.69 Å². The number of aliphatic hydroxyl groups excluding tert-OH is 1. The lowest BCUT2D eigenvalue weighted by Crippen LogP contribution is -2.37. The largest absolute Gasteiger partial charge is 0.623 e. The van der Waals surface area contributed by atoms with Crippen molar-refractivity contribution in [2.45, 2.75) is 19.4 Å². The van der Waals surface area contributed by atoms with Crippen LogP contribution in [0.3, 0.4) is 0 Å². The van der Waals surface area contributed by atoms with Crippen LogP contribution >= 0.6 is 0 Å². The molecule has 0 saturated carbocycles. The molecule has 0 atom stereocenters. The maximum Gasteiger partial charge on any atom is 0.269 e. The zero-order valence-corrected chi connectivity index (χ0v) is 9.66. The number of hydroxylamine groups is 1. The number of aliphatic hydroxyl groups is 1. The van der Waals surface area contributed by atoms with Crippen LogP contribution in [0.15, 0.2) is 24.3 Å². The Kier molecular flexibility index (Phi) is 3.80. The van der Waals surface area contributed by atoms with E-state index in [9.17, 15) is 15.3 Å². The predicted molar refractivity (Wildman–Crippen MR) is 63.1 cm³/mol. The molecule has 0 amide bonds. The molecule has 0 fully saturated rings. The summed E-state index contributed by atoms with van der Waals surface area (Å²) < 4.78 is 0.633. The minimum absolute atomic E-state index is 0.0268. The van der Waals surface area contributed by atoms with Crippen LogP contribution < -0.4 is 0 Å². The van der Waals surface area contributed by atoms with Crippen molar-refractivity contribution in [2.24, 2.45) is 0 Å². The van der Waals surface area contributed by atoms with Crippen molar-refractivity contribution in [1.82, 2.24) is 0 Å². The van der Waals surface area contributed by atoms with Crippen molar-refractivity contribution >= 4 is 11.9 Å². The van der Waals surface area contributed by atoms with E-state index >= 15 is 0 Å². The van der Waals surface area contributed by atoms with Crippen LogP contribution in [0, 0.1) is 15.3 Å². The third kappa shape index (κ3) is 3.25. The summed E-state index contributed by atoms with van der Waals surface area (Å²) in [4.78, 5) is 9.93. The minimum Gasteiger partial charge on any atom is -0.623 e. The predicted octanol–water partition coefficient (Wildman–Crippen LogP) is 1.29. The van der Waals surface area contributed by atoms with Crippen LogP contribution in [-0.4, -0.2) is 33.1 Å². The highest BCUT2D eigenvalue weighted by Gasteiger charge is 2.24. The second-order valence-electron chi connectivity index (χ2n) is 4.27. The van der Waals surface area contributed by atoms with Gasteiger partial charge < -0.3 is 10.3 Å². The Morgan fingerprint density at radius 1 is 1.29 bits per heavy atom. The van der Waals surface area contributed by atoms with E-state index in [2.05, 4.69) is 0 Å². The molecule has 1 aromatic carbocycles. The molecule has 1 rings (SSSR count). The maximum atomic E-state index is 11.7. The standard InChI is InChI=1S/C11H14N2O4/c1-11(2,8-14)12(15)7-9-3-5-10(6-4-9)13(16)17/h3-7,14H,8H2,1-2H3/b12-7-. The topological polar surface area (TPSA) is 89.4 Å². The van der Waals surface area contributed by atoms with E-state index in [1.165, 1.54) is 30.5 Å². The second-order valence-corrected chi connectivity index (χ2v) is 4.27. The molecule has 0 saturated heterocycles. The Bertz CT molecular complexity index is 437. The molecular formula is C11H14N2O4. The van der Waals surface area contributed by atoms with Crippen molar-refractivity contribution in [3.8, 4) is 0 Å². The van der Waals surface area contributed by atoms with Crippen molar-refractivity contribution in [1.29, 1.82) is 0 Å². The number of benzene rings is 1. The summed E-state index contributed by atoms with van der Waals surface area (Å²) in [6.07, 6.45) is 1.29. The lowest BCUT2D eigenvalue weighted by Gasteiger charge is -2.21. The van der Waals surface area contributed by atoms with Gasteiger partial charge in [0.05, 0.1) is 4.92 Å². The molecule has 0 aliphatic carbocycles. The van der Waals surface area contributed by atoms with E-state index in [-0.39, 0.29) is 12.3 Å². The first-order chi connectivity index (χ1) is 7.86. The van der Waals surface area contributed by atoms with Crippen LogP contribution in [0.25, 0.3) is 0 Å². The number of hydrogen-bond acceptors (Lipinski definition) is 4. The fraction of sp³-hybridized carbons (Fsp3) is 0.364. The van der Waals surface area contributed by atoms with Gasteiger partial charge in [-0.3, -0.25) is 10.1 Å². The van der Waals surface area contributed by atoms with E-state index in [1.807, 2.05) is 0 Å². The Morgan fingerprint density at radius 2 is 1.82 bits per heavy atom. The molecular weight excluding hydrogens is 224 g/mol. The van der Waals surface area contributed by atoms with Crippen LogP contribution in [0.2, 0.25) is 0 Å². The summed E-state index contributed by atoms with van der Waals surface area (Å²) >= 11 is 0. The normalized spacial score (nSPS) is 12.5. The quantitative estimate of drug-likeness (QED) is 0.281. The average Bonchev–Trinajstić information content (AvgIpc) is 2.29. The number of rotatable bonds is 4. The lowest BCUT2D eigenvalue weighted by atomic mass is 10.1. The van der Waals surface area contributed by atoms with Crippen molar-refractivity contribution in [3.63, 3.8) is 0 Å². The molecule has 1 N–H and O–H groups in total. The van der Waals surface area contributed by atoms with Crippen LogP contribution in [-0.2, 0) is 0 Å². The molecule has 0 aliphatic heterocycles. The van der Waals surface area contributed by atoms with Gasteiger partial charge in [-0.25, -0.2) is 4.74 Å². The summed E-state index contributed by atoms with van der Waals surface area (Å²) in [5, 5.41) is 31.1. The summed E-state index contributed by atoms with van der Waals surface area (Å²) in [6, 6.07) is 5.62. The van der Waals surface area contributed by atoms with Gasteiger partial charge in [0.2, 0.25) is 0 Å². The molecule has 1 aromatic rings. The second kappa shape index (κ2) is 4.92. The molecule has 0 heterocycles. The molecule has 92 valence electrons. The smallest absolute Gasteiger partial charge is 0.269 e. The van der Waals surface area contributed by atoms with Crippen molar-refractivity contribution in [3.05, 3.63) is 45.2 Å². The van der Waals surface area contributed by atoms with Crippen LogP contribution in [0.5, 0.6) is 0 Å². The number of nitro benzene ring substituents is 1. The number of hydrogen-bond donors (Lipinski definition) is 1. The highest BCUT2D eigenvalue weighted by molar-refractivity contribution is 5.76. The van der Waals surface area contributed by atoms with E-state index in [1.54, 1.807) is 13.8 Å². The first-order valence-electron chi connectivity index (χ1n) is 5.03. The molecule has 0 spiro atoms. The summed E-state index contributed by atoms with van der Waals surface area (Å²) in [5.41, 5.74) is -0.393. The van der Waals surface area contributed by atoms with E-state index in [4.69, 9.17) is 5.11 Å². The molecule has 0 aromatic heterocycles. The van der Waals surface area contributed by atoms with Crippen molar-refractivity contribution in [2.75, 3.05) is 6.61 Å². The minimum atomic E-state index is -0.915. The third-order valence-corrected chi connectivity index (χ3v) is 2.35. The van der Waals surface area contributed by atoms with Gasteiger partial charge in [-0.15, -0.1) is 0 Å². The van der Waals surface area contributed by atoms with Gasteiger partial charge in [0.15, 0.2) is 11.8 Å². The van der Waals surface area contributed by atoms with Gasteiger partial charge in [-0.05, 0) is 12.1 Å². The number of nitrogens with zero attached hydrogens (tertiary/aromatic N) is 2. The lowest BCUT2D eigenvalue weighted by molar-refractivity contribution is -0.539. The van der Waals surface area contributed by atoms with Gasteiger partial charge >= 0.3 is 0 Å². The third-order valence-electron chi connectivity index (χ3n) is 2.35. The fourth-order valence-electron chi connectivity index (χ4n) is 1.06. The summed E-state index contributed by atoms with van der Waals surface area (Å²) in [5.74, 6) is 0. The number of nitro groups is 1. The first kappa shape index (κ1) is 13.1. The highest BCUT2D eigenvalue weighted by Crippen LogP contribution is 2.12. The molecule has 0 aliphatic rings. The van der Waals surface area contributed by atoms with Gasteiger partial charge in [-0.1, -0.05) is 0 Å². The van der Waals surface area contributed by atoms with E-state index in [0.29, 0.717) is 10.3 Å². The Labute approximate surface area is 98.6 Å². The molecule has 0 bridgehead atoms. The van der Waals surface area contributed by atoms with Crippen LogP contribution in [0.1, 0.15) is 19.4 Å².